The largest absolute Gasteiger partial charge is 0.390 e. The monoisotopic (exact) mass is 507 g/mol. The Bertz CT molecular complexity index is 1240. The van der Waals surface area contributed by atoms with E-state index >= 15 is 0 Å². The van der Waals surface area contributed by atoms with Crippen LogP contribution >= 0.6 is 11.6 Å². The summed E-state index contributed by atoms with van der Waals surface area (Å²) in [5, 5.41) is 19.0. The fourth-order valence-corrected chi connectivity index (χ4v) is 4.74. The van der Waals surface area contributed by atoms with E-state index in [4.69, 9.17) is 26.4 Å². The number of anilines is 4. The normalized spacial score (nSPS) is 20.2. The Balaban J connectivity index is 1.19. The quantitative estimate of drug-likeness (QED) is 0.422. The molecular formula is C25H30ClN9O. The van der Waals surface area contributed by atoms with Crippen LogP contribution in [-0.4, -0.2) is 76.7 Å². The number of hydrogen-bond donors (Lipinski definition) is 3. The van der Waals surface area contributed by atoms with E-state index in [1.54, 1.807) is 0 Å². The van der Waals surface area contributed by atoms with E-state index in [1.165, 1.54) is 12.8 Å². The second kappa shape index (κ2) is 9.94. The van der Waals surface area contributed by atoms with Crippen molar-refractivity contribution >= 4 is 40.7 Å². The molecular weight excluding hydrogens is 478 g/mol. The van der Waals surface area contributed by atoms with Crippen molar-refractivity contribution in [2.75, 3.05) is 55.3 Å². The highest BCUT2D eigenvalue weighted by atomic mass is 35.5. The number of rotatable bonds is 8. The summed E-state index contributed by atoms with van der Waals surface area (Å²) >= 11 is 6.85. The van der Waals surface area contributed by atoms with Gasteiger partial charge < -0.3 is 25.3 Å². The van der Waals surface area contributed by atoms with E-state index in [0.717, 1.165) is 61.2 Å². The summed E-state index contributed by atoms with van der Waals surface area (Å²) in [7, 11) is 2.13. The molecule has 0 amide bonds. The number of aromatic amines is 1. The van der Waals surface area contributed by atoms with E-state index in [-0.39, 0.29) is 6.10 Å². The molecule has 2 aliphatic heterocycles. The number of oxime groups is 1. The summed E-state index contributed by atoms with van der Waals surface area (Å²) in [5.74, 6) is 3.09. The number of likely N-dealkylation sites (N-methyl/N-ethyl adjacent to an activating group) is 1. The average Bonchev–Trinajstić information content (AvgIpc) is 3.46. The standard InChI is InChI=1S/C25H30ClN9O/c1-34-9-11-35(12-10-34)24-22(26)23(28-21-14-19(31-32-21)17-7-8-17)29-25(30-24)27-15-18-13-20(33-36-18)16-5-3-2-4-6-16/h2-6,14,17-18H,7-13,15H2,1H3,(H3,27,28,29,30,31,32). The smallest absolute Gasteiger partial charge is 0.226 e. The highest BCUT2D eigenvalue weighted by Gasteiger charge is 2.27. The molecule has 3 N–H and O–H groups in total. The molecule has 0 spiro atoms. The third-order valence-corrected chi connectivity index (χ3v) is 7.16. The van der Waals surface area contributed by atoms with E-state index < -0.39 is 0 Å². The molecule has 1 atom stereocenters. The Morgan fingerprint density at radius 3 is 2.69 bits per heavy atom. The number of hydrogen-bond acceptors (Lipinski definition) is 9. The molecule has 36 heavy (non-hydrogen) atoms. The Morgan fingerprint density at radius 1 is 1.11 bits per heavy atom. The molecule has 0 radical (unpaired) electrons. The molecule has 188 valence electrons. The van der Waals surface area contributed by atoms with Crippen LogP contribution in [0.5, 0.6) is 0 Å². The summed E-state index contributed by atoms with van der Waals surface area (Å²) in [6, 6.07) is 12.1. The van der Waals surface area contributed by atoms with E-state index in [1.807, 2.05) is 36.4 Å². The zero-order valence-electron chi connectivity index (χ0n) is 20.2. The second-order valence-corrected chi connectivity index (χ2v) is 10.0. The number of H-pyrrole nitrogens is 1. The van der Waals surface area contributed by atoms with Crippen molar-refractivity contribution in [2.45, 2.75) is 31.3 Å². The number of nitrogens with zero attached hydrogens (tertiary/aromatic N) is 6. The minimum absolute atomic E-state index is 0.100. The van der Waals surface area contributed by atoms with Gasteiger partial charge in [-0.15, -0.1) is 0 Å². The maximum Gasteiger partial charge on any atom is 0.226 e. The molecule has 1 aliphatic carbocycles. The van der Waals surface area contributed by atoms with Crippen molar-refractivity contribution < 1.29 is 4.84 Å². The van der Waals surface area contributed by atoms with Crippen LogP contribution in [0.3, 0.4) is 0 Å². The van der Waals surface area contributed by atoms with Gasteiger partial charge in [0.05, 0.1) is 18.0 Å². The molecule has 4 heterocycles. The molecule has 3 aromatic rings. The van der Waals surface area contributed by atoms with Gasteiger partial charge in [0.1, 0.15) is 16.9 Å². The molecule has 10 nitrogen and oxygen atoms in total. The van der Waals surface area contributed by atoms with E-state index in [0.29, 0.717) is 29.3 Å². The van der Waals surface area contributed by atoms with Crippen molar-refractivity contribution in [3.8, 4) is 0 Å². The molecule has 6 rings (SSSR count). The third kappa shape index (κ3) is 5.10. The van der Waals surface area contributed by atoms with Gasteiger partial charge >= 0.3 is 0 Å². The molecule has 0 bridgehead atoms. The lowest BCUT2D eigenvalue weighted by Gasteiger charge is -2.34. The number of piperazine rings is 1. The summed E-state index contributed by atoms with van der Waals surface area (Å²) in [6.07, 6.45) is 3.01. The zero-order chi connectivity index (χ0) is 24.5. The van der Waals surface area contributed by atoms with Crippen molar-refractivity contribution in [1.82, 2.24) is 25.1 Å². The minimum atomic E-state index is -0.100. The van der Waals surface area contributed by atoms with Crippen LogP contribution in [-0.2, 0) is 4.84 Å². The van der Waals surface area contributed by atoms with Gasteiger partial charge in [0.2, 0.25) is 5.95 Å². The second-order valence-electron chi connectivity index (χ2n) is 9.65. The molecule has 1 saturated carbocycles. The van der Waals surface area contributed by atoms with Crippen LogP contribution in [0.2, 0.25) is 5.02 Å². The number of halogens is 1. The fraction of sp³-hybridized carbons (Fsp3) is 0.440. The van der Waals surface area contributed by atoms with Crippen LogP contribution in [0.15, 0.2) is 41.6 Å². The Kier molecular flexibility index (Phi) is 6.37. The molecule has 1 aromatic carbocycles. The van der Waals surface area contributed by atoms with Crippen LogP contribution in [0.25, 0.3) is 0 Å². The lowest BCUT2D eigenvalue weighted by molar-refractivity contribution is 0.0948. The predicted molar refractivity (Wildman–Crippen MR) is 142 cm³/mol. The fourth-order valence-electron chi connectivity index (χ4n) is 4.49. The van der Waals surface area contributed by atoms with E-state index in [9.17, 15) is 0 Å². The summed E-state index contributed by atoms with van der Waals surface area (Å²) in [6.45, 7) is 4.13. The maximum atomic E-state index is 6.85. The van der Waals surface area contributed by atoms with Gasteiger partial charge in [-0.3, -0.25) is 5.10 Å². The van der Waals surface area contributed by atoms with Gasteiger partial charge in [-0.05, 0) is 25.5 Å². The van der Waals surface area contributed by atoms with Gasteiger partial charge in [-0.1, -0.05) is 47.1 Å². The van der Waals surface area contributed by atoms with Gasteiger partial charge in [0.15, 0.2) is 11.6 Å². The first-order chi connectivity index (χ1) is 17.6. The SMILES string of the molecule is CN1CCN(c2nc(NCC3CC(c4ccccc4)=NO3)nc(Nc3cc(C4CC4)n[nH]3)c2Cl)CC1. The first-order valence-corrected chi connectivity index (χ1v) is 12.9. The van der Waals surface area contributed by atoms with Crippen molar-refractivity contribution in [1.29, 1.82) is 0 Å². The van der Waals surface area contributed by atoms with Crippen LogP contribution in [0, 0.1) is 0 Å². The number of nitrogens with one attached hydrogen (secondary N) is 3. The Labute approximate surface area is 215 Å². The van der Waals surface area contributed by atoms with Crippen molar-refractivity contribution in [2.24, 2.45) is 5.16 Å². The van der Waals surface area contributed by atoms with Crippen molar-refractivity contribution in [3.05, 3.63) is 52.7 Å². The summed E-state index contributed by atoms with van der Waals surface area (Å²) in [5.41, 5.74) is 3.11. The number of benzene rings is 1. The zero-order valence-corrected chi connectivity index (χ0v) is 21.0. The van der Waals surface area contributed by atoms with Gasteiger partial charge in [0, 0.05) is 44.6 Å². The van der Waals surface area contributed by atoms with Gasteiger partial charge in [-0.25, -0.2) is 0 Å². The lowest BCUT2D eigenvalue weighted by Crippen LogP contribution is -2.45. The van der Waals surface area contributed by atoms with Crippen molar-refractivity contribution in [3.63, 3.8) is 0 Å². The minimum Gasteiger partial charge on any atom is -0.390 e. The summed E-state index contributed by atoms with van der Waals surface area (Å²) in [4.78, 5) is 19.7. The topological polar surface area (TPSA) is 107 Å². The van der Waals surface area contributed by atoms with Crippen LogP contribution < -0.4 is 15.5 Å². The van der Waals surface area contributed by atoms with Gasteiger partial charge in [0.25, 0.3) is 0 Å². The predicted octanol–water partition coefficient (Wildman–Crippen LogP) is 3.83. The molecule has 2 aromatic heterocycles. The molecule has 11 heteroatoms. The molecule has 2 fully saturated rings. The highest BCUT2D eigenvalue weighted by molar-refractivity contribution is 6.35. The number of aromatic nitrogens is 4. The highest BCUT2D eigenvalue weighted by Crippen LogP contribution is 2.40. The van der Waals surface area contributed by atoms with Gasteiger partial charge in [-0.2, -0.15) is 15.1 Å². The van der Waals surface area contributed by atoms with E-state index in [2.05, 4.69) is 42.8 Å². The third-order valence-electron chi connectivity index (χ3n) is 6.81. The van der Waals surface area contributed by atoms with Crippen LogP contribution in [0.1, 0.15) is 36.4 Å². The molecule has 3 aliphatic rings. The molecule has 1 saturated heterocycles. The Hall–Kier alpha value is -3.37. The summed E-state index contributed by atoms with van der Waals surface area (Å²) < 4.78 is 0. The maximum absolute atomic E-state index is 6.85. The van der Waals surface area contributed by atoms with Crippen LogP contribution in [0.4, 0.5) is 23.4 Å². The Morgan fingerprint density at radius 2 is 1.92 bits per heavy atom. The first kappa shape index (κ1) is 23.1. The first-order valence-electron chi connectivity index (χ1n) is 12.5. The molecule has 1 unspecified atom stereocenters. The lowest BCUT2D eigenvalue weighted by atomic mass is 10.1. The average molecular weight is 508 g/mol.